The summed E-state index contributed by atoms with van der Waals surface area (Å²) in [5.41, 5.74) is 4.76. The van der Waals surface area contributed by atoms with Gasteiger partial charge in [-0.25, -0.2) is 0 Å². The molecule has 1 fully saturated rings. The number of fused-ring (bicyclic) bond motifs is 1. The van der Waals surface area contributed by atoms with Crippen molar-refractivity contribution in [3.05, 3.63) is 41.6 Å². The van der Waals surface area contributed by atoms with E-state index in [1.807, 2.05) is 13.0 Å². The summed E-state index contributed by atoms with van der Waals surface area (Å²) in [6, 6.07) is 8.48. The Morgan fingerprint density at radius 3 is 2.39 bits per heavy atom. The molecule has 0 spiro atoms. The minimum atomic E-state index is -0.497. The second kappa shape index (κ2) is 8.31. The number of methoxy groups -OCH3 is 3. The van der Waals surface area contributed by atoms with Gasteiger partial charge in [0.05, 0.1) is 17.9 Å². The van der Waals surface area contributed by atoms with Gasteiger partial charge in [0.1, 0.15) is 18.3 Å². The van der Waals surface area contributed by atoms with Gasteiger partial charge < -0.3 is 23.7 Å². The molecule has 0 saturated carbocycles. The first-order valence-electron chi connectivity index (χ1n) is 9.65. The number of hydrogen-bond acceptors (Lipinski definition) is 6. The molecule has 7 nitrogen and oxygen atoms in total. The Morgan fingerprint density at radius 2 is 1.71 bits per heavy atom. The second-order valence-electron chi connectivity index (χ2n) is 7.43. The van der Waals surface area contributed by atoms with Crippen molar-refractivity contribution in [1.29, 1.82) is 0 Å². The van der Waals surface area contributed by atoms with Gasteiger partial charge in [-0.2, -0.15) is 5.10 Å². The van der Waals surface area contributed by atoms with Crippen LogP contribution in [0.25, 0.3) is 11.3 Å². The van der Waals surface area contributed by atoms with Crippen molar-refractivity contribution >= 4 is 0 Å². The van der Waals surface area contributed by atoms with Crippen LogP contribution in [-0.4, -0.2) is 68.3 Å². The average Bonchev–Trinajstić information content (AvgIpc) is 3.36. The van der Waals surface area contributed by atoms with E-state index in [-0.39, 0.29) is 30.5 Å². The summed E-state index contributed by atoms with van der Waals surface area (Å²) in [4.78, 5) is 0. The normalized spacial score (nSPS) is 32.4. The molecular formula is C21H28N2O5. The highest BCUT2D eigenvalue weighted by Gasteiger charge is 2.47. The number of benzene rings is 1. The largest absolute Gasteiger partial charge is 0.376 e. The zero-order valence-electron chi connectivity index (χ0n) is 16.8. The van der Waals surface area contributed by atoms with Crippen LogP contribution in [0, 0.1) is 0 Å². The molecule has 6 atom stereocenters. The monoisotopic (exact) mass is 388 g/mol. The van der Waals surface area contributed by atoms with Crippen molar-refractivity contribution in [3.63, 3.8) is 0 Å². The van der Waals surface area contributed by atoms with Gasteiger partial charge in [-0.05, 0) is 48.6 Å². The first-order valence-corrected chi connectivity index (χ1v) is 9.65. The van der Waals surface area contributed by atoms with Crippen LogP contribution in [0.5, 0.6) is 0 Å². The molecule has 4 rings (SSSR count). The number of aromatic amines is 1. The quantitative estimate of drug-likeness (QED) is 0.819. The molecule has 1 aromatic carbocycles. The molecule has 1 saturated heterocycles. The topological polar surface area (TPSA) is 74.8 Å². The van der Waals surface area contributed by atoms with Crippen LogP contribution in [0.2, 0.25) is 0 Å². The third-order valence-corrected chi connectivity index (χ3v) is 5.78. The maximum absolute atomic E-state index is 6.36. The van der Waals surface area contributed by atoms with Crippen molar-refractivity contribution in [3.8, 4) is 11.3 Å². The highest BCUT2D eigenvalue weighted by atomic mass is 16.7. The Hall–Kier alpha value is -1.77. The van der Waals surface area contributed by atoms with Crippen molar-refractivity contribution in [2.45, 2.75) is 56.6 Å². The van der Waals surface area contributed by atoms with Gasteiger partial charge in [0.2, 0.25) is 0 Å². The van der Waals surface area contributed by atoms with Gasteiger partial charge in [-0.1, -0.05) is 12.1 Å². The summed E-state index contributed by atoms with van der Waals surface area (Å²) >= 11 is 0. The first kappa shape index (κ1) is 19.5. The van der Waals surface area contributed by atoms with Gasteiger partial charge in [-0.3, -0.25) is 5.10 Å². The molecule has 0 amide bonds. The highest BCUT2D eigenvalue weighted by molar-refractivity contribution is 5.61. The molecule has 6 unspecified atom stereocenters. The van der Waals surface area contributed by atoms with E-state index in [9.17, 15) is 0 Å². The molecule has 152 valence electrons. The fourth-order valence-electron chi connectivity index (χ4n) is 4.37. The van der Waals surface area contributed by atoms with Crippen molar-refractivity contribution in [2.24, 2.45) is 0 Å². The lowest BCUT2D eigenvalue weighted by Crippen LogP contribution is -2.59. The smallest absolute Gasteiger partial charge is 0.187 e. The lowest BCUT2D eigenvalue weighted by Gasteiger charge is -2.44. The number of ether oxygens (including phenoxy) is 5. The minimum absolute atomic E-state index is 0.0402. The number of nitrogens with one attached hydrogen (secondary N) is 1. The van der Waals surface area contributed by atoms with Crippen LogP contribution >= 0.6 is 0 Å². The van der Waals surface area contributed by atoms with E-state index in [1.54, 1.807) is 27.5 Å². The highest BCUT2D eigenvalue weighted by Crippen LogP contribution is 2.33. The summed E-state index contributed by atoms with van der Waals surface area (Å²) in [5, 5.41) is 7.05. The SMILES string of the molecule is COC1C(C)OC(OC2Cc3ccc(-c4ccn[nH]4)cc3C2)C(OC)C1OC. The van der Waals surface area contributed by atoms with E-state index in [2.05, 4.69) is 28.4 Å². The summed E-state index contributed by atoms with van der Waals surface area (Å²) < 4.78 is 29.4. The van der Waals surface area contributed by atoms with E-state index < -0.39 is 6.29 Å². The van der Waals surface area contributed by atoms with Crippen molar-refractivity contribution in [1.82, 2.24) is 10.2 Å². The molecule has 1 aliphatic carbocycles. The maximum atomic E-state index is 6.36. The predicted octanol–water partition coefficient (Wildman–Crippen LogP) is 2.35. The minimum Gasteiger partial charge on any atom is -0.376 e. The fraction of sp³-hybridized carbons (Fsp3) is 0.571. The third-order valence-electron chi connectivity index (χ3n) is 5.78. The Labute approximate surface area is 165 Å². The predicted molar refractivity (Wildman–Crippen MR) is 103 cm³/mol. The second-order valence-corrected chi connectivity index (χ2v) is 7.43. The molecule has 1 aliphatic heterocycles. The van der Waals surface area contributed by atoms with E-state index in [0.717, 1.165) is 24.1 Å². The van der Waals surface area contributed by atoms with Gasteiger partial charge in [0.25, 0.3) is 0 Å². The number of H-pyrrole nitrogens is 1. The molecular weight excluding hydrogens is 360 g/mol. The molecule has 0 bridgehead atoms. The summed E-state index contributed by atoms with van der Waals surface area (Å²) in [6.07, 6.45) is 2.05. The molecule has 0 radical (unpaired) electrons. The molecule has 2 aromatic rings. The van der Waals surface area contributed by atoms with E-state index in [0.29, 0.717) is 0 Å². The number of nitrogens with zero attached hydrogens (tertiary/aromatic N) is 1. The van der Waals surface area contributed by atoms with Crippen LogP contribution in [0.15, 0.2) is 30.5 Å². The maximum Gasteiger partial charge on any atom is 0.187 e. The van der Waals surface area contributed by atoms with Crippen molar-refractivity contribution < 1.29 is 23.7 Å². The standard InChI is InChI=1S/C21H28N2O5/c1-12-18(24-2)19(25-3)20(26-4)21(27-12)28-16-10-13-5-6-14(9-15(13)11-16)17-7-8-22-23-17/h5-9,12,16,18-21H,10-11H2,1-4H3,(H,22,23). The summed E-state index contributed by atoms with van der Waals surface area (Å²) in [5.74, 6) is 0. The third kappa shape index (κ3) is 3.60. The van der Waals surface area contributed by atoms with Crippen LogP contribution < -0.4 is 0 Å². The molecule has 1 N–H and O–H groups in total. The van der Waals surface area contributed by atoms with Gasteiger partial charge >= 0.3 is 0 Å². The molecule has 1 aromatic heterocycles. The zero-order valence-corrected chi connectivity index (χ0v) is 16.8. The molecule has 2 heterocycles. The van der Waals surface area contributed by atoms with Crippen LogP contribution in [0.3, 0.4) is 0 Å². The fourth-order valence-corrected chi connectivity index (χ4v) is 4.37. The van der Waals surface area contributed by atoms with Gasteiger partial charge in [0, 0.05) is 27.5 Å². The average molecular weight is 388 g/mol. The summed E-state index contributed by atoms with van der Waals surface area (Å²) in [7, 11) is 4.98. The Kier molecular flexibility index (Phi) is 5.80. The summed E-state index contributed by atoms with van der Waals surface area (Å²) in [6.45, 7) is 1.97. The van der Waals surface area contributed by atoms with Crippen molar-refractivity contribution in [2.75, 3.05) is 21.3 Å². The molecule has 7 heteroatoms. The number of rotatable bonds is 6. The lowest BCUT2D eigenvalue weighted by atomic mass is 9.99. The first-order chi connectivity index (χ1) is 13.6. The van der Waals surface area contributed by atoms with Gasteiger partial charge in [0.15, 0.2) is 6.29 Å². The number of hydrogen-bond donors (Lipinski definition) is 1. The Morgan fingerprint density at radius 1 is 0.964 bits per heavy atom. The van der Waals surface area contributed by atoms with E-state index in [4.69, 9.17) is 23.7 Å². The molecule has 28 heavy (non-hydrogen) atoms. The Bertz CT molecular complexity index is 781. The van der Waals surface area contributed by atoms with Crippen LogP contribution in [-0.2, 0) is 36.5 Å². The van der Waals surface area contributed by atoms with E-state index >= 15 is 0 Å². The van der Waals surface area contributed by atoms with E-state index in [1.165, 1.54) is 11.1 Å². The van der Waals surface area contributed by atoms with Crippen LogP contribution in [0.4, 0.5) is 0 Å². The lowest BCUT2D eigenvalue weighted by molar-refractivity contribution is -0.314. The van der Waals surface area contributed by atoms with Gasteiger partial charge in [-0.15, -0.1) is 0 Å². The zero-order chi connectivity index (χ0) is 19.7. The number of aromatic nitrogens is 2. The Balaban J connectivity index is 1.47. The van der Waals surface area contributed by atoms with Crippen LogP contribution in [0.1, 0.15) is 18.1 Å². The molecule has 2 aliphatic rings.